The number of unbranched alkanes of at least 4 members (excludes halogenated alkanes) is 1. The minimum absolute atomic E-state index is 0.335. The Kier molecular flexibility index (Phi) is 5.63. The number of benzene rings is 2. The van der Waals surface area contributed by atoms with E-state index in [1.165, 1.54) is 11.1 Å². The Labute approximate surface area is 121 Å². The van der Waals surface area contributed by atoms with Gasteiger partial charge in [-0.1, -0.05) is 55.5 Å². The Morgan fingerprint density at radius 2 is 1.65 bits per heavy atom. The highest BCUT2D eigenvalue weighted by Crippen LogP contribution is 2.31. The summed E-state index contributed by atoms with van der Waals surface area (Å²) in [6.07, 6.45) is 2.01. The summed E-state index contributed by atoms with van der Waals surface area (Å²) in [5.41, 5.74) is 8.06. The van der Waals surface area contributed by atoms with Crippen molar-refractivity contribution in [3.8, 4) is 5.75 Å². The first-order chi connectivity index (χ1) is 9.83. The van der Waals surface area contributed by atoms with E-state index in [2.05, 4.69) is 49.4 Å². The van der Waals surface area contributed by atoms with Gasteiger partial charge in [0, 0.05) is 11.5 Å². The van der Waals surface area contributed by atoms with Crippen LogP contribution in [0.5, 0.6) is 5.75 Å². The van der Waals surface area contributed by atoms with Crippen LogP contribution in [0.4, 0.5) is 0 Å². The Bertz CT molecular complexity index is 510. The molecule has 0 aliphatic heterocycles. The molecule has 0 amide bonds. The zero-order valence-electron chi connectivity index (χ0n) is 12.1. The SMILES string of the molecule is CC(c1ccccc1)c1ccccc1OCCCCN. The van der Waals surface area contributed by atoms with Gasteiger partial charge < -0.3 is 10.5 Å². The molecule has 0 aliphatic carbocycles. The zero-order chi connectivity index (χ0) is 14.2. The fourth-order valence-electron chi connectivity index (χ4n) is 2.32. The van der Waals surface area contributed by atoms with E-state index in [-0.39, 0.29) is 0 Å². The average Bonchev–Trinajstić information content (AvgIpc) is 2.52. The van der Waals surface area contributed by atoms with Gasteiger partial charge in [0.1, 0.15) is 5.75 Å². The zero-order valence-corrected chi connectivity index (χ0v) is 12.1. The van der Waals surface area contributed by atoms with Crippen molar-refractivity contribution >= 4 is 0 Å². The molecule has 2 rings (SSSR count). The standard InChI is InChI=1S/C18H23NO/c1-15(16-9-3-2-4-10-16)17-11-5-6-12-18(17)20-14-8-7-13-19/h2-6,9-12,15H,7-8,13-14,19H2,1H3. The minimum atomic E-state index is 0.335. The van der Waals surface area contributed by atoms with Crippen LogP contribution < -0.4 is 10.5 Å². The monoisotopic (exact) mass is 269 g/mol. The predicted octanol–water partition coefficient (Wildman–Crippen LogP) is 3.96. The Hall–Kier alpha value is -1.80. The quantitative estimate of drug-likeness (QED) is 0.772. The third-order valence-electron chi connectivity index (χ3n) is 3.54. The van der Waals surface area contributed by atoms with Crippen molar-refractivity contribution in [2.24, 2.45) is 5.73 Å². The highest BCUT2D eigenvalue weighted by atomic mass is 16.5. The molecule has 0 aliphatic rings. The van der Waals surface area contributed by atoms with Gasteiger partial charge in [0.15, 0.2) is 0 Å². The number of hydrogen-bond acceptors (Lipinski definition) is 2. The van der Waals surface area contributed by atoms with Crippen molar-refractivity contribution < 1.29 is 4.74 Å². The second-order valence-electron chi connectivity index (χ2n) is 5.01. The van der Waals surface area contributed by atoms with Crippen LogP contribution in [-0.4, -0.2) is 13.2 Å². The molecule has 0 spiro atoms. The molecule has 2 nitrogen and oxygen atoms in total. The summed E-state index contributed by atoms with van der Waals surface area (Å²) >= 11 is 0. The molecule has 0 saturated heterocycles. The van der Waals surface area contributed by atoms with E-state index >= 15 is 0 Å². The summed E-state index contributed by atoms with van der Waals surface area (Å²) < 4.78 is 5.93. The van der Waals surface area contributed by atoms with Crippen molar-refractivity contribution in [2.75, 3.05) is 13.2 Å². The molecule has 0 heterocycles. The van der Waals surface area contributed by atoms with Crippen LogP contribution in [0.3, 0.4) is 0 Å². The smallest absolute Gasteiger partial charge is 0.123 e. The maximum absolute atomic E-state index is 5.93. The largest absolute Gasteiger partial charge is 0.493 e. The third-order valence-corrected chi connectivity index (χ3v) is 3.54. The number of rotatable bonds is 7. The molecule has 0 radical (unpaired) electrons. The van der Waals surface area contributed by atoms with Gasteiger partial charge >= 0.3 is 0 Å². The first kappa shape index (κ1) is 14.6. The molecule has 106 valence electrons. The molecule has 20 heavy (non-hydrogen) atoms. The molecule has 2 aromatic carbocycles. The van der Waals surface area contributed by atoms with Gasteiger partial charge in [-0.05, 0) is 31.0 Å². The molecule has 0 aromatic heterocycles. The molecule has 0 fully saturated rings. The van der Waals surface area contributed by atoms with E-state index < -0.39 is 0 Å². The molecule has 1 atom stereocenters. The van der Waals surface area contributed by atoms with Crippen LogP contribution in [0.2, 0.25) is 0 Å². The van der Waals surface area contributed by atoms with Crippen molar-refractivity contribution in [1.29, 1.82) is 0 Å². The van der Waals surface area contributed by atoms with Crippen LogP contribution >= 0.6 is 0 Å². The fourth-order valence-corrected chi connectivity index (χ4v) is 2.32. The van der Waals surface area contributed by atoms with Crippen LogP contribution in [0, 0.1) is 0 Å². The van der Waals surface area contributed by atoms with Gasteiger partial charge in [-0.2, -0.15) is 0 Å². The summed E-state index contributed by atoms with van der Waals surface area (Å²) in [5, 5.41) is 0. The molecular weight excluding hydrogens is 246 g/mol. The Morgan fingerprint density at radius 3 is 2.40 bits per heavy atom. The molecule has 0 saturated carbocycles. The van der Waals surface area contributed by atoms with Gasteiger partial charge in [-0.3, -0.25) is 0 Å². The van der Waals surface area contributed by atoms with E-state index in [9.17, 15) is 0 Å². The van der Waals surface area contributed by atoms with Gasteiger partial charge in [0.05, 0.1) is 6.61 Å². The predicted molar refractivity (Wildman–Crippen MR) is 84.2 cm³/mol. The number of ether oxygens (including phenoxy) is 1. The van der Waals surface area contributed by atoms with E-state index in [1.54, 1.807) is 0 Å². The first-order valence-electron chi connectivity index (χ1n) is 7.29. The van der Waals surface area contributed by atoms with E-state index in [0.29, 0.717) is 5.92 Å². The highest BCUT2D eigenvalue weighted by Gasteiger charge is 2.12. The molecule has 0 bridgehead atoms. The molecule has 2 aromatic rings. The Morgan fingerprint density at radius 1 is 0.950 bits per heavy atom. The summed E-state index contributed by atoms with van der Waals surface area (Å²) in [7, 11) is 0. The molecular formula is C18H23NO. The van der Waals surface area contributed by atoms with Crippen LogP contribution in [0.1, 0.15) is 36.8 Å². The van der Waals surface area contributed by atoms with Crippen molar-refractivity contribution in [3.63, 3.8) is 0 Å². The maximum atomic E-state index is 5.93. The third kappa shape index (κ3) is 3.84. The van der Waals surface area contributed by atoms with Gasteiger partial charge in [0.25, 0.3) is 0 Å². The van der Waals surface area contributed by atoms with Crippen molar-refractivity contribution in [3.05, 3.63) is 65.7 Å². The number of nitrogens with two attached hydrogens (primary N) is 1. The van der Waals surface area contributed by atoms with E-state index in [0.717, 1.165) is 31.7 Å². The molecule has 2 N–H and O–H groups in total. The van der Waals surface area contributed by atoms with Crippen LogP contribution in [-0.2, 0) is 0 Å². The topological polar surface area (TPSA) is 35.2 Å². The normalized spacial score (nSPS) is 12.1. The van der Waals surface area contributed by atoms with Gasteiger partial charge in [0.2, 0.25) is 0 Å². The van der Waals surface area contributed by atoms with E-state index in [1.807, 2.05) is 12.1 Å². The highest BCUT2D eigenvalue weighted by molar-refractivity contribution is 5.41. The lowest BCUT2D eigenvalue weighted by atomic mass is 9.92. The summed E-state index contributed by atoms with van der Waals surface area (Å²) in [5.74, 6) is 1.32. The fraction of sp³-hybridized carbons (Fsp3) is 0.333. The molecule has 2 heteroatoms. The maximum Gasteiger partial charge on any atom is 0.123 e. The summed E-state index contributed by atoms with van der Waals surface area (Å²) in [4.78, 5) is 0. The second kappa shape index (κ2) is 7.71. The lowest BCUT2D eigenvalue weighted by Gasteiger charge is -2.17. The van der Waals surface area contributed by atoms with Crippen molar-refractivity contribution in [2.45, 2.75) is 25.7 Å². The van der Waals surface area contributed by atoms with E-state index in [4.69, 9.17) is 10.5 Å². The number of para-hydroxylation sites is 1. The molecule has 1 unspecified atom stereocenters. The van der Waals surface area contributed by atoms with Crippen LogP contribution in [0.25, 0.3) is 0 Å². The lowest BCUT2D eigenvalue weighted by molar-refractivity contribution is 0.304. The minimum Gasteiger partial charge on any atom is -0.493 e. The van der Waals surface area contributed by atoms with Crippen LogP contribution in [0.15, 0.2) is 54.6 Å². The summed E-state index contributed by atoms with van der Waals surface area (Å²) in [6.45, 7) is 3.68. The van der Waals surface area contributed by atoms with Gasteiger partial charge in [-0.15, -0.1) is 0 Å². The van der Waals surface area contributed by atoms with Gasteiger partial charge in [-0.25, -0.2) is 0 Å². The average molecular weight is 269 g/mol. The lowest BCUT2D eigenvalue weighted by Crippen LogP contribution is -2.06. The summed E-state index contributed by atoms with van der Waals surface area (Å²) in [6, 6.07) is 18.8. The first-order valence-corrected chi connectivity index (χ1v) is 7.29. The second-order valence-corrected chi connectivity index (χ2v) is 5.01. The number of hydrogen-bond donors (Lipinski definition) is 1. The Balaban J connectivity index is 2.11. The van der Waals surface area contributed by atoms with Crippen molar-refractivity contribution in [1.82, 2.24) is 0 Å².